The molecule has 1 N–H and O–H groups in total. The molecule has 0 heterocycles. The maximum absolute atomic E-state index is 11.4. The fourth-order valence-electron chi connectivity index (χ4n) is 0.864. The van der Waals surface area contributed by atoms with Gasteiger partial charge in [-0.1, -0.05) is 6.92 Å². The number of aliphatic hydroxyl groups is 1. The van der Waals surface area contributed by atoms with Gasteiger partial charge < -0.3 is 14.7 Å². The van der Waals surface area contributed by atoms with Crippen LogP contribution in [0.2, 0.25) is 0 Å². The highest BCUT2D eigenvalue weighted by atomic mass is 32.2. The summed E-state index contributed by atoms with van der Waals surface area (Å²) in [5, 5.41) is 8.58. The van der Waals surface area contributed by atoms with Crippen molar-refractivity contribution >= 4 is 17.7 Å². The Hall–Kier alpha value is -0.260. The average molecular weight is 235 g/mol. The Kier molecular flexibility index (Phi) is 8.85. The molecule has 0 saturated carbocycles. The number of esters is 1. The molecule has 90 valence electrons. The topological polar surface area (TPSA) is 49.8 Å². The van der Waals surface area contributed by atoms with Crippen molar-refractivity contribution in [2.75, 3.05) is 45.4 Å². The fraction of sp³-hybridized carbons (Fsp3) is 0.900. The minimum atomic E-state index is -0.151. The fourth-order valence-corrected chi connectivity index (χ4v) is 1.65. The van der Waals surface area contributed by atoms with Crippen LogP contribution >= 0.6 is 11.8 Å². The van der Waals surface area contributed by atoms with Gasteiger partial charge in [0.25, 0.3) is 0 Å². The second kappa shape index (κ2) is 9.00. The number of hydrogen-bond acceptors (Lipinski definition) is 5. The van der Waals surface area contributed by atoms with Crippen molar-refractivity contribution in [3.63, 3.8) is 0 Å². The van der Waals surface area contributed by atoms with Gasteiger partial charge in [-0.25, -0.2) is 0 Å². The molecule has 15 heavy (non-hydrogen) atoms. The molecule has 0 fully saturated rings. The summed E-state index contributed by atoms with van der Waals surface area (Å²) in [4.78, 5) is 13.4. The lowest BCUT2D eigenvalue weighted by atomic mass is 10.2. The zero-order valence-corrected chi connectivity index (χ0v) is 10.5. The maximum atomic E-state index is 11.4. The number of thioether (sulfide) groups is 1. The highest BCUT2D eigenvalue weighted by Crippen LogP contribution is 2.09. The van der Waals surface area contributed by atoms with Crippen LogP contribution in [-0.4, -0.2) is 61.3 Å². The largest absolute Gasteiger partial charge is 0.464 e. The first-order chi connectivity index (χ1) is 7.07. The number of hydrogen-bond donors (Lipinski definition) is 1. The molecule has 0 amide bonds. The Morgan fingerprint density at radius 2 is 2.20 bits per heavy atom. The Bertz CT molecular complexity index is 176. The molecule has 0 aromatic rings. The van der Waals surface area contributed by atoms with Crippen LogP contribution in [0.3, 0.4) is 0 Å². The molecular weight excluding hydrogens is 214 g/mol. The van der Waals surface area contributed by atoms with E-state index in [1.807, 2.05) is 25.9 Å². The Balaban J connectivity index is 3.51. The molecule has 1 unspecified atom stereocenters. The van der Waals surface area contributed by atoms with Crippen LogP contribution in [0.1, 0.15) is 6.92 Å². The Labute approximate surface area is 96.0 Å². The number of ether oxygens (including phenoxy) is 1. The van der Waals surface area contributed by atoms with E-state index in [4.69, 9.17) is 9.84 Å². The van der Waals surface area contributed by atoms with Crippen LogP contribution in [0.15, 0.2) is 0 Å². The van der Waals surface area contributed by atoms with Crippen LogP contribution in [0.5, 0.6) is 0 Å². The lowest BCUT2D eigenvalue weighted by Crippen LogP contribution is -2.23. The predicted molar refractivity (Wildman–Crippen MR) is 63.1 cm³/mol. The quantitative estimate of drug-likeness (QED) is 0.489. The third-order valence-electron chi connectivity index (χ3n) is 1.79. The maximum Gasteiger partial charge on any atom is 0.309 e. The van der Waals surface area contributed by atoms with Crippen molar-refractivity contribution in [3.8, 4) is 0 Å². The molecule has 0 aromatic heterocycles. The van der Waals surface area contributed by atoms with E-state index >= 15 is 0 Å². The van der Waals surface area contributed by atoms with Crippen molar-refractivity contribution < 1.29 is 14.6 Å². The van der Waals surface area contributed by atoms with Gasteiger partial charge in [0.2, 0.25) is 0 Å². The lowest BCUT2D eigenvalue weighted by molar-refractivity contribution is -0.147. The molecule has 0 bridgehead atoms. The summed E-state index contributed by atoms with van der Waals surface area (Å²) in [5.74, 6) is 1.14. The van der Waals surface area contributed by atoms with Gasteiger partial charge in [-0.3, -0.25) is 4.79 Å². The van der Waals surface area contributed by atoms with Crippen LogP contribution < -0.4 is 0 Å². The second-order valence-electron chi connectivity index (χ2n) is 3.67. The van der Waals surface area contributed by atoms with E-state index < -0.39 is 0 Å². The lowest BCUT2D eigenvalue weighted by Gasteiger charge is -2.13. The smallest absolute Gasteiger partial charge is 0.309 e. The van der Waals surface area contributed by atoms with Gasteiger partial charge in [0.05, 0.1) is 12.5 Å². The van der Waals surface area contributed by atoms with Gasteiger partial charge in [0.1, 0.15) is 6.61 Å². The van der Waals surface area contributed by atoms with Gasteiger partial charge in [0.15, 0.2) is 0 Å². The summed E-state index contributed by atoms with van der Waals surface area (Å²) in [6.07, 6.45) is 0. The molecule has 0 saturated heterocycles. The van der Waals surface area contributed by atoms with E-state index in [-0.39, 0.29) is 18.5 Å². The van der Waals surface area contributed by atoms with Crippen molar-refractivity contribution in [1.29, 1.82) is 0 Å². The molecule has 0 aliphatic carbocycles. The molecule has 0 radical (unpaired) electrons. The van der Waals surface area contributed by atoms with E-state index in [0.29, 0.717) is 18.1 Å². The Morgan fingerprint density at radius 3 is 2.73 bits per heavy atom. The standard InChI is InChI=1S/C10H21NO3S/c1-9(8-15-7-5-12)10(13)14-6-4-11(2)3/h9,12H,4-8H2,1-3H3. The van der Waals surface area contributed by atoms with Crippen molar-refractivity contribution in [3.05, 3.63) is 0 Å². The molecule has 4 nitrogen and oxygen atoms in total. The van der Waals surface area contributed by atoms with Gasteiger partial charge in [0, 0.05) is 18.1 Å². The Morgan fingerprint density at radius 1 is 1.53 bits per heavy atom. The molecule has 0 aliphatic heterocycles. The van der Waals surface area contributed by atoms with Crippen LogP contribution in [0.25, 0.3) is 0 Å². The number of nitrogens with zero attached hydrogens (tertiary/aromatic N) is 1. The summed E-state index contributed by atoms with van der Waals surface area (Å²) >= 11 is 1.57. The first-order valence-corrected chi connectivity index (χ1v) is 6.23. The third kappa shape index (κ3) is 8.72. The second-order valence-corrected chi connectivity index (χ2v) is 4.82. The monoisotopic (exact) mass is 235 g/mol. The van der Waals surface area contributed by atoms with E-state index in [0.717, 1.165) is 6.54 Å². The number of likely N-dealkylation sites (N-methyl/N-ethyl adjacent to an activating group) is 1. The van der Waals surface area contributed by atoms with E-state index in [1.54, 1.807) is 11.8 Å². The zero-order valence-electron chi connectivity index (χ0n) is 9.73. The average Bonchev–Trinajstić information content (AvgIpc) is 2.17. The number of rotatable bonds is 8. The van der Waals surface area contributed by atoms with Crippen LogP contribution in [-0.2, 0) is 9.53 Å². The van der Waals surface area contributed by atoms with Crippen molar-refractivity contribution in [2.45, 2.75) is 6.92 Å². The SMILES string of the molecule is CC(CSCCO)C(=O)OCCN(C)C. The summed E-state index contributed by atoms with van der Waals surface area (Å²) in [7, 11) is 3.88. The van der Waals surface area contributed by atoms with E-state index in [9.17, 15) is 4.79 Å². The van der Waals surface area contributed by atoms with E-state index in [2.05, 4.69) is 0 Å². The van der Waals surface area contributed by atoms with Gasteiger partial charge in [-0.15, -0.1) is 0 Å². The molecule has 0 aliphatic rings. The van der Waals surface area contributed by atoms with Crippen molar-refractivity contribution in [2.24, 2.45) is 5.92 Å². The molecular formula is C10H21NO3S. The van der Waals surface area contributed by atoms with E-state index in [1.165, 1.54) is 0 Å². The number of carbonyl (C=O) groups is 1. The van der Waals surface area contributed by atoms with Gasteiger partial charge >= 0.3 is 5.97 Å². The third-order valence-corrected chi connectivity index (χ3v) is 3.00. The van der Waals surface area contributed by atoms with Crippen LogP contribution in [0.4, 0.5) is 0 Å². The summed E-state index contributed by atoms with van der Waals surface area (Å²) in [6, 6.07) is 0. The van der Waals surface area contributed by atoms with Crippen molar-refractivity contribution in [1.82, 2.24) is 4.90 Å². The zero-order chi connectivity index (χ0) is 11.7. The highest BCUT2D eigenvalue weighted by molar-refractivity contribution is 7.99. The molecule has 0 aromatic carbocycles. The first kappa shape index (κ1) is 14.7. The summed E-state index contributed by atoms with van der Waals surface area (Å²) in [6.45, 7) is 3.21. The molecule has 0 spiro atoms. The molecule has 1 atom stereocenters. The van der Waals surface area contributed by atoms with Gasteiger partial charge in [-0.05, 0) is 14.1 Å². The summed E-state index contributed by atoms with van der Waals surface area (Å²) < 4.78 is 5.09. The molecule has 0 rings (SSSR count). The minimum Gasteiger partial charge on any atom is -0.464 e. The first-order valence-electron chi connectivity index (χ1n) is 5.08. The number of aliphatic hydroxyl groups excluding tert-OH is 1. The number of carbonyl (C=O) groups excluding carboxylic acids is 1. The van der Waals surface area contributed by atoms with Gasteiger partial charge in [-0.2, -0.15) is 11.8 Å². The molecule has 5 heteroatoms. The summed E-state index contributed by atoms with van der Waals surface area (Å²) in [5.41, 5.74) is 0. The van der Waals surface area contributed by atoms with Crippen LogP contribution in [0, 0.1) is 5.92 Å². The highest BCUT2D eigenvalue weighted by Gasteiger charge is 2.13. The predicted octanol–water partition coefficient (Wildman–Crippen LogP) is 0.453. The minimum absolute atomic E-state index is 0.0938. The normalized spacial score (nSPS) is 12.9.